The summed E-state index contributed by atoms with van der Waals surface area (Å²) in [5.41, 5.74) is -0.287. The molecule has 3 aromatic rings. The van der Waals surface area contributed by atoms with Crippen molar-refractivity contribution in [1.29, 1.82) is 0 Å². The first-order chi connectivity index (χ1) is 13.9. The zero-order valence-corrected chi connectivity index (χ0v) is 15.5. The third-order valence-electron chi connectivity index (χ3n) is 3.94. The summed E-state index contributed by atoms with van der Waals surface area (Å²) in [6.07, 6.45) is 1.39. The van der Waals surface area contributed by atoms with E-state index in [2.05, 4.69) is 4.98 Å². The molecule has 2 aromatic carbocycles. The Hall–Kier alpha value is -3.53. The van der Waals surface area contributed by atoms with Gasteiger partial charge in [0.1, 0.15) is 12.4 Å². The van der Waals surface area contributed by atoms with Crippen molar-refractivity contribution in [2.24, 2.45) is 0 Å². The number of fused-ring (bicyclic) bond motifs is 1. The van der Waals surface area contributed by atoms with Crippen molar-refractivity contribution in [3.63, 3.8) is 0 Å². The van der Waals surface area contributed by atoms with E-state index < -0.39 is 28.0 Å². The Balaban J connectivity index is 2.01. The van der Waals surface area contributed by atoms with Crippen molar-refractivity contribution in [3.05, 3.63) is 58.3 Å². The number of hydrogen-bond acceptors (Lipinski definition) is 7. The number of nitro groups is 1. The number of aromatic nitrogens is 1. The Morgan fingerprint density at radius 2 is 1.76 bits per heavy atom. The van der Waals surface area contributed by atoms with Crippen molar-refractivity contribution in [2.75, 3.05) is 27.4 Å². The number of ether oxygens (including phenoxy) is 4. The van der Waals surface area contributed by atoms with Crippen molar-refractivity contribution in [3.8, 4) is 23.0 Å². The van der Waals surface area contributed by atoms with E-state index in [0.717, 1.165) is 0 Å². The number of hydrogen-bond donors (Lipinski definition) is 0. The molecule has 0 N–H and O–H groups in total. The fourth-order valence-corrected chi connectivity index (χ4v) is 2.58. The maximum atomic E-state index is 14.2. The van der Waals surface area contributed by atoms with Gasteiger partial charge < -0.3 is 18.9 Å². The van der Waals surface area contributed by atoms with E-state index in [1.165, 1.54) is 19.4 Å². The highest BCUT2D eigenvalue weighted by atomic mass is 19.1. The molecule has 0 saturated heterocycles. The van der Waals surface area contributed by atoms with Gasteiger partial charge in [0, 0.05) is 24.8 Å². The highest BCUT2D eigenvalue weighted by Crippen LogP contribution is 2.38. The normalized spacial score (nSPS) is 10.8. The van der Waals surface area contributed by atoms with E-state index in [-0.39, 0.29) is 12.4 Å². The number of nitro benzene ring substituents is 1. The van der Waals surface area contributed by atoms with Gasteiger partial charge in [-0.3, -0.25) is 15.1 Å². The van der Waals surface area contributed by atoms with E-state index in [0.29, 0.717) is 41.1 Å². The lowest BCUT2D eigenvalue weighted by molar-refractivity contribution is -0.385. The number of non-ortho nitro benzene ring substituents is 1. The molecule has 0 spiro atoms. The molecule has 0 saturated carbocycles. The van der Waals surface area contributed by atoms with Gasteiger partial charge in [0.15, 0.2) is 28.9 Å². The van der Waals surface area contributed by atoms with Gasteiger partial charge in [-0.25, -0.2) is 8.78 Å². The van der Waals surface area contributed by atoms with Gasteiger partial charge in [-0.05, 0) is 12.1 Å². The van der Waals surface area contributed by atoms with Gasteiger partial charge >= 0.3 is 0 Å². The molecule has 0 radical (unpaired) electrons. The molecular formula is C19H16F2N2O6. The first-order valence-corrected chi connectivity index (χ1v) is 8.34. The van der Waals surface area contributed by atoms with Gasteiger partial charge in [0.25, 0.3) is 5.69 Å². The molecule has 29 heavy (non-hydrogen) atoms. The minimum absolute atomic E-state index is 0.0865. The summed E-state index contributed by atoms with van der Waals surface area (Å²) in [6.45, 7) is 0.657. The average Bonchev–Trinajstić information content (AvgIpc) is 2.70. The summed E-state index contributed by atoms with van der Waals surface area (Å²) >= 11 is 0. The summed E-state index contributed by atoms with van der Waals surface area (Å²) < 4.78 is 49.6. The Bertz CT molecular complexity index is 1040. The van der Waals surface area contributed by atoms with Crippen LogP contribution in [0.1, 0.15) is 0 Å². The van der Waals surface area contributed by atoms with Crippen molar-refractivity contribution >= 4 is 16.6 Å². The Labute approximate surface area is 163 Å². The molecule has 152 valence electrons. The molecule has 0 fully saturated rings. The summed E-state index contributed by atoms with van der Waals surface area (Å²) in [6, 6.07) is 5.74. The van der Waals surface area contributed by atoms with Crippen LogP contribution in [0, 0.1) is 21.7 Å². The Morgan fingerprint density at radius 1 is 1.03 bits per heavy atom. The van der Waals surface area contributed by atoms with E-state index >= 15 is 0 Å². The highest BCUT2D eigenvalue weighted by Gasteiger charge is 2.20. The smallest absolute Gasteiger partial charge is 0.275 e. The van der Waals surface area contributed by atoms with E-state index in [1.54, 1.807) is 19.2 Å². The number of benzene rings is 2. The predicted molar refractivity (Wildman–Crippen MR) is 98.8 cm³/mol. The third-order valence-corrected chi connectivity index (χ3v) is 3.94. The first-order valence-electron chi connectivity index (χ1n) is 8.34. The monoisotopic (exact) mass is 406 g/mol. The second-order valence-electron chi connectivity index (χ2n) is 5.77. The summed E-state index contributed by atoms with van der Waals surface area (Å²) in [4.78, 5) is 14.0. The quantitative estimate of drug-likeness (QED) is 0.314. The van der Waals surface area contributed by atoms with Gasteiger partial charge in [-0.1, -0.05) is 0 Å². The Kier molecular flexibility index (Phi) is 6.03. The van der Waals surface area contributed by atoms with Crippen LogP contribution in [-0.2, 0) is 4.74 Å². The molecule has 0 aliphatic carbocycles. The van der Waals surface area contributed by atoms with Crippen LogP contribution in [0.2, 0.25) is 0 Å². The molecule has 0 aliphatic heterocycles. The molecule has 0 bridgehead atoms. The average molecular weight is 406 g/mol. The number of methoxy groups -OCH3 is 2. The second-order valence-corrected chi connectivity index (χ2v) is 5.77. The van der Waals surface area contributed by atoms with E-state index in [1.807, 2.05) is 0 Å². The minimum atomic E-state index is -1.20. The fraction of sp³-hybridized carbons (Fsp3) is 0.211. The van der Waals surface area contributed by atoms with Crippen LogP contribution in [0.15, 0.2) is 36.5 Å². The maximum absolute atomic E-state index is 14.2. The molecule has 1 heterocycles. The number of rotatable bonds is 8. The molecule has 0 amide bonds. The first kappa shape index (κ1) is 20.2. The Morgan fingerprint density at radius 3 is 2.38 bits per heavy atom. The van der Waals surface area contributed by atoms with E-state index in [4.69, 9.17) is 18.9 Å². The summed E-state index contributed by atoms with van der Waals surface area (Å²) in [7, 11) is 2.99. The van der Waals surface area contributed by atoms with Crippen LogP contribution in [0.25, 0.3) is 10.9 Å². The molecule has 3 rings (SSSR count). The van der Waals surface area contributed by atoms with E-state index in [9.17, 15) is 18.9 Å². The third kappa shape index (κ3) is 4.32. The molecule has 8 nitrogen and oxygen atoms in total. The molecule has 1 aromatic heterocycles. The van der Waals surface area contributed by atoms with Crippen LogP contribution in [-0.4, -0.2) is 37.3 Å². The van der Waals surface area contributed by atoms with Crippen molar-refractivity contribution < 1.29 is 32.7 Å². The molecule has 10 heteroatoms. The second kappa shape index (κ2) is 8.65. The fourth-order valence-electron chi connectivity index (χ4n) is 2.58. The zero-order chi connectivity index (χ0) is 21.0. The topological polar surface area (TPSA) is 93.0 Å². The molecule has 0 aliphatic rings. The van der Waals surface area contributed by atoms with Gasteiger partial charge in [0.2, 0.25) is 0 Å². The van der Waals surface area contributed by atoms with Crippen molar-refractivity contribution in [1.82, 2.24) is 4.98 Å². The van der Waals surface area contributed by atoms with Crippen LogP contribution in [0.5, 0.6) is 23.0 Å². The minimum Gasteiger partial charge on any atom is -0.493 e. The standard InChI is InChI=1S/C19H16F2N2O6/c1-26-5-6-28-18-10-15-12(9-17(18)27-2)16(3-4-22-15)29-19-13(20)7-11(23(24)25)8-14(19)21/h3-4,7-10H,5-6H2,1-2H3. The SMILES string of the molecule is COCCOc1cc2nccc(Oc3c(F)cc([N+](=O)[O-])cc3F)c2cc1OC. The van der Waals surface area contributed by atoms with Gasteiger partial charge in [-0.2, -0.15) is 0 Å². The van der Waals surface area contributed by atoms with Crippen LogP contribution >= 0.6 is 0 Å². The number of halogens is 2. The lowest BCUT2D eigenvalue weighted by Crippen LogP contribution is -2.05. The molecular weight excluding hydrogens is 390 g/mol. The summed E-state index contributed by atoms with van der Waals surface area (Å²) in [5, 5.41) is 11.1. The van der Waals surface area contributed by atoms with Crippen molar-refractivity contribution in [2.45, 2.75) is 0 Å². The lowest BCUT2D eigenvalue weighted by Gasteiger charge is -2.14. The molecule has 0 atom stereocenters. The largest absolute Gasteiger partial charge is 0.493 e. The predicted octanol–water partition coefficient (Wildman–Crippen LogP) is 4.25. The van der Waals surface area contributed by atoms with Crippen LogP contribution in [0.4, 0.5) is 14.5 Å². The summed E-state index contributed by atoms with van der Waals surface area (Å²) in [5.74, 6) is -2.31. The molecule has 0 unspecified atom stereocenters. The number of nitrogens with zero attached hydrogens (tertiary/aromatic N) is 2. The van der Waals surface area contributed by atoms with Crippen LogP contribution < -0.4 is 14.2 Å². The van der Waals surface area contributed by atoms with Gasteiger partial charge in [0.05, 0.1) is 36.3 Å². The van der Waals surface area contributed by atoms with Crippen LogP contribution in [0.3, 0.4) is 0 Å². The van der Waals surface area contributed by atoms with Gasteiger partial charge in [-0.15, -0.1) is 0 Å². The zero-order valence-electron chi connectivity index (χ0n) is 15.5. The highest BCUT2D eigenvalue weighted by molar-refractivity contribution is 5.88. The lowest BCUT2D eigenvalue weighted by atomic mass is 10.1. The maximum Gasteiger partial charge on any atom is 0.275 e. The number of pyridine rings is 1.